The van der Waals surface area contributed by atoms with Crippen molar-refractivity contribution in [2.24, 2.45) is 11.7 Å². The van der Waals surface area contributed by atoms with Crippen molar-refractivity contribution in [2.75, 3.05) is 131 Å². The summed E-state index contributed by atoms with van der Waals surface area (Å²) in [5.41, 5.74) is 9.90. The number of hydrogen-bond acceptors (Lipinski definition) is 20. The second-order valence-corrected chi connectivity index (χ2v) is 25.1. The number of allylic oxidation sites excluding steroid dienone is 3. The van der Waals surface area contributed by atoms with Gasteiger partial charge in [-0.25, -0.2) is 19.0 Å². The first-order valence-corrected chi connectivity index (χ1v) is 34.5. The molecule has 4 aliphatic rings. The summed E-state index contributed by atoms with van der Waals surface area (Å²) in [6.45, 7) is 17.4. The lowest BCUT2D eigenvalue weighted by Gasteiger charge is -2.31. The first-order chi connectivity index (χ1) is 47.5. The number of rotatable bonds is 45. The third-order valence-electron chi connectivity index (χ3n) is 17.6. The molecular weight excluding hydrogens is 1270 g/mol. The van der Waals surface area contributed by atoms with Gasteiger partial charge in [0.1, 0.15) is 31.1 Å². The van der Waals surface area contributed by atoms with Crippen molar-refractivity contribution in [3.63, 3.8) is 0 Å². The van der Waals surface area contributed by atoms with Crippen LogP contribution in [0.2, 0.25) is 0 Å². The summed E-state index contributed by atoms with van der Waals surface area (Å²) in [5, 5.41) is 23.9. The number of fused-ring (bicyclic) bond motifs is 5. The molecule has 2 aliphatic heterocycles. The number of esters is 1. The fourth-order valence-electron chi connectivity index (χ4n) is 12.1. The molecule has 2 aliphatic carbocycles. The van der Waals surface area contributed by atoms with Crippen LogP contribution >= 0.6 is 0 Å². The molecule has 4 heterocycles. The van der Waals surface area contributed by atoms with Crippen molar-refractivity contribution in [2.45, 2.75) is 149 Å². The van der Waals surface area contributed by atoms with E-state index in [1.807, 2.05) is 18.2 Å². The number of pyridine rings is 2. The molecule has 8 rings (SSSR count). The number of aromatic nitrogens is 2. The maximum Gasteiger partial charge on any atom is 0.407 e. The van der Waals surface area contributed by atoms with Gasteiger partial charge in [-0.1, -0.05) is 51.1 Å². The highest BCUT2D eigenvalue weighted by molar-refractivity contribution is 5.99. The maximum atomic E-state index is 15.5. The molecule has 0 saturated carbocycles. The standard InChI is InChI=1S/C72H100FN7O18/c1-6-72(87)55-42-62-66-53(44-80(62)69(84)54(55)46-97-70(72)85)65-58(18-16-52-49(5)56(73)43-60(76-66)64(52)65)79-71(86)98-45-51-15-17-57(48(4)40-51)77-67(82)59(14-10-11-21-74)78-68(83)61(41-50-12-8-7-9-13-50)75-63(81)20-23-89-25-27-91-29-31-93-33-35-95-37-39-96-38-36-94-34-32-92-30-28-90-26-24-88-22-19-47(2)3/h8,12-13,15,17,40,42-43,47,58-59,61,87H,6-7,9-11,14,16,18-39,41,44-46,74H2,1-5H3,(H,75,81)(H,77,82)(H,78,83)(H,79,86)/t58-,59-,61-,72-/m0/s1. The van der Waals surface area contributed by atoms with Gasteiger partial charge in [-0.05, 0) is 130 Å². The first-order valence-electron chi connectivity index (χ1n) is 34.5. The van der Waals surface area contributed by atoms with Gasteiger partial charge in [-0.15, -0.1) is 0 Å². The third-order valence-corrected chi connectivity index (χ3v) is 17.6. The fraction of sp³-hybridized carbons (Fsp3) is 0.597. The number of carbonyl (C=O) groups is 5. The molecule has 98 heavy (non-hydrogen) atoms. The van der Waals surface area contributed by atoms with E-state index in [4.69, 9.17) is 62.8 Å². The summed E-state index contributed by atoms with van der Waals surface area (Å²) in [6, 6.07) is 5.52. The zero-order valence-corrected chi connectivity index (χ0v) is 57.5. The molecule has 0 bridgehead atoms. The molecule has 2 aromatic carbocycles. The zero-order chi connectivity index (χ0) is 69.8. The Labute approximate surface area is 572 Å². The summed E-state index contributed by atoms with van der Waals surface area (Å²) >= 11 is 0. The summed E-state index contributed by atoms with van der Waals surface area (Å²) < 4.78 is 78.1. The second kappa shape index (κ2) is 39.6. The number of ether oxygens (including phenoxy) is 11. The average Bonchev–Trinajstić information content (AvgIpc) is 1.47. The Bertz CT molecular complexity index is 3450. The van der Waals surface area contributed by atoms with Crippen molar-refractivity contribution >= 4 is 46.4 Å². The third kappa shape index (κ3) is 22.0. The highest BCUT2D eigenvalue weighted by atomic mass is 19.1. The quantitative estimate of drug-likeness (QED) is 0.0168. The molecule has 26 heteroatoms. The van der Waals surface area contributed by atoms with E-state index in [0.717, 1.165) is 37.0 Å². The molecule has 0 spiro atoms. The van der Waals surface area contributed by atoms with Crippen LogP contribution in [0.1, 0.15) is 136 Å². The predicted octanol–water partition coefficient (Wildman–Crippen LogP) is 7.04. The van der Waals surface area contributed by atoms with Gasteiger partial charge in [-0.3, -0.25) is 19.2 Å². The Morgan fingerprint density at radius 1 is 0.755 bits per heavy atom. The number of aliphatic hydroxyl groups is 1. The fourth-order valence-corrected chi connectivity index (χ4v) is 12.1. The van der Waals surface area contributed by atoms with Gasteiger partial charge in [0, 0.05) is 47.7 Å². The largest absolute Gasteiger partial charge is 0.458 e. The van der Waals surface area contributed by atoms with E-state index in [1.54, 1.807) is 45.0 Å². The number of aryl methyl sites for hydroxylation is 2. The van der Waals surface area contributed by atoms with Gasteiger partial charge in [0.2, 0.25) is 17.7 Å². The SMILES string of the molecule is CC[C@@]1(O)C(=O)OCc2c1cc1n(c2=O)Cc2c-1nc1cc(F)c(C)c3c1c2[C@@H](NC(=O)OCc1ccc(NC(=O)[C@H](CCCCN)NC(=O)[C@H](CC2=CCCC=C2)NC(=O)CCOCCOCCOCCOCCOCCOCCOCCOCCOCCC(C)C)c(C)c1)CC3. The van der Waals surface area contributed by atoms with Gasteiger partial charge in [0.25, 0.3) is 5.56 Å². The molecule has 4 aromatic rings. The number of benzene rings is 2. The van der Waals surface area contributed by atoms with Crippen LogP contribution in [0.5, 0.6) is 0 Å². The molecule has 0 saturated heterocycles. The zero-order valence-electron chi connectivity index (χ0n) is 57.5. The highest BCUT2D eigenvalue weighted by Crippen LogP contribution is 2.46. The number of nitrogens with one attached hydrogen (secondary N) is 4. The van der Waals surface area contributed by atoms with E-state index in [-0.39, 0.29) is 69.8 Å². The predicted molar refractivity (Wildman–Crippen MR) is 363 cm³/mol. The Hall–Kier alpha value is -7.08. The first kappa shape index (κ1) is 76.7. The number of nitrogens with zero attached hydrogens (tertiary/aromatic N) is 2. The second-order valence-electron chi connectivity index (χ2n) is 25.1. The van der Waals surface area contributed by atoms with E-state index in [0.29, 0.717) is 193 Å². The molecular formula is C72H100FN7O18. The Balaban J connectivity index is 0.736. The number of halogens is 1. The molecule has 4 atom stereocenters. The summed E-state index contributed by atoms with van der Waals surface area (Å²) in [6.07, 6.45) is 10.4. The number of cyclic esters (lactones) is 1. The highest BCUT2D eigenvalue weighted by Gasteiger charge is 2.46. The number of anilines is 1. The van der Waals surface area contributed by atoms with Gasteiger partial charge in [0.05, 0.1) is 147 Å². The molecule has 7 N–H and O–H groups in total. The van der Waals surface area contributed by atoms with Crippen LogP contribution < -0.4 is 32.6 Å². The van der Waals surface area contributed by atoms with E-state index >= 15 is 4.39 Å². The van der Waals surface area contributed by atoms with Crippen LogP contribution in [0.3, 0.4) is 0 Å². The van der Waals surface area contributed by atoms with E-state index < -0.39 is 64.9 Å². The molecule has 538 valence electrons. The summed E-state index contributed by atoms with van der Waals surface area (Å²) in [7, 11) is 0. The minimum atomic E-state index is -2.04. The number of unbranched alkanes of at least 4 members (excludes halogenated alkanes) is 1. The number of amides is 4. The molecule has 4 amide bonds. The van der Waals surface area contributed by atoms with Crippen LogP contribution in [-0.4, -0.2) is 182 Å². The van der Waals surface area contributed by atoms with Gasteiger partial charge in [-0.2, -0.15) is 0 Å². The number of carbonyl (C=O) groups excluding carboxylic acids is 5. The average molecular weight is 1370 g/mol. The maximum absolute atomic E-state index is 15.5. The minimum absolute atomic E-state index is 0.0134. The Morgan fingerprint density at radius 3 is 1.96 bits per heavy atom. The van der Waals surface area contributed by atoms with E-state index in [1.165, 1.54) is 10.6 Å². The van der Waals surface area contributed by atoms with Crippen molar-refractivity contribution in [1.29, 1.82) is 0 Å². The van der Waals surface area contributed by atoms with Crippen molar-refractivity contribution in [1.82, 2.24) is 25.5 Å². The van der Waals surface area contributed by atoms with Crippen LogP contribution in [-0.2, 0) is 103 Å². The molecule has 2 aromatic heterocycles. The normalized spacial score (nSPS) is 16.6. The van der Waals surface area contributed by atoms with Crippen molar-refractivity contribution in [3.05, 3.63) is 115 Å². The van der Waals surface area contributed by atoms with Crippen LogP contribution in [0, 0.1) is 25.6 Å². The summed E-state index contributed by atoms with van der Waals surface area (Å²) in [4.78, 5) is 87.4. The number of hydrogen-bond donors (Lipinski definition) is 6. The number of nitrogens with two attached hydrogens (primary N) is 1. The smallest absolute Gasteiger partial charge is 0.407 e. The van der Waals surface area contributed by atoms with Crippen LogP contribution in [0.25, 0.3) is 22.3 Å². The lowest BCUT2D eigenvalue weighted by molar-refractivity contribution is -0.172. The van der Waals surface area contributed by atoms with Crippen LogP contribution in [0.4, 0.5) is 14.9 Å². The van der Waals surface area contributed by atoms with Crippen molar-refractivity contribution < 1.29 is 85.6 Å². The van der Waals surface area contributed by atoms with E-state index in [2.05, 4.69) is 35.1 Å². The van der Waals surface area contributed by atoms with Gasteiger partial charge < -0.3 is 88.8 Å². The van der Waals surface area contributed by atoms with Gasteiger partial charge >= 0.3 is 12.1 Å². The topological polar surface area (TPSA) is 316 Å². The minimum Gasteiger partial charge on any atom is -0.458 e. The molecule has 0 unspecified atom stereocenters. The molecule has 0 radical (unpaired) electrons. The summed E-state index contributed by atoms with van der Waals surface area (Å²) in [5.74, 6) is -2.04. The van der Waals surface area contributed by atoms with E-state index in [9.17, 15) is 33.9 Å². The Morgan fingerprint density at radius 2 is 1.38 bits per heavy atom. The van der Waals surface area contributed by atoms with Gasteiger partial charge in [0.15, 0.2) is 5.60 Å². The van der Waals surface area contributed by atoms with Crippen LogP contribution in [0.15, 0.2) is 58.9 Å². The van der Waals surface area contributed by atoms with Crippen molar-refractivity contribution in [3.8, 4) is 11.4 Å². The lowest BCUT2D eigenvalue weighted by Crippen LogP contribution is -2.52. The molecule has 25 nitrogen and oxygen atoms in total. The Kier molecular flexibility index (Phi) is 31.0. The monoisotopic (exact) mass is 1370 g/mol. The molecule has 0 fully saturated rings. The number of alkyl carbamates (subject to hydrolysis) is 1. The lowest BCUT2D eigenvalue weighted by atomic mass is 9.81.